The number of carbonyl (C=O) groups is 1. The van der Waals surface area contributed by atoms with Gasteiger partial charge in [-0.05, 0) is 45.3 Å². The summed E-state index contributed by atoms with van der Waals surface area (Å²) in [6.07, 6.45) is 3.81. The van der Waals surface area contributed by atoms with E-state index < -0.39 is 0 Å². The molecule has 2 rings (SSSR count). The van der Waals surface area contributed by atoms with E-state index in [9.17, 15) is 4.79 Å². The fraction of sp³-hybridized carbons (Fsp3) is 0.636. The number of ether oxygens (including phenoxy) is 1. The molecular formula is C22H37N5O2. The molecule has 7 heteroatoms. The van der Waals surface area contributed by atoms with Gasteiger partial charge >= 0.3 is 0 Å². The lowest BCUT2D eigenvalue weighted by atomic mass is 10.0. The molecule has 0 radical (unpaired) electrons. The first kappa shape index (κ1) is 23.0. The summed E-state index contributed by atoms with van der Waals surface area (Å²) in [6, 6.07) is 8.63. The summed E-state index contributed by atoms with van der Waals surface area (Å²) in [5, 5.41) is 9.66. The Hall–Kier alpha value is -2.28. The van der Waals surface area contributed by atoms with Crippen molar-refractivity contribution in [3.05, 3.63) is 29.8 Å². The molecule has 2 atom stereocenters. The summed E-state index contributed by atoms with van der Waals surface area (Å²) in [6.45, 7) is 7.53. The quantitative estimate of drug-likeness (QED) is 0.413. The Morgan fingerprint density at radius 2 is 1.97 bits per heavy atom. The molecule has 0 aliphatic carbocycles. The van der Waals surface area contributed by atoms with Crippen molar-refractivity contribution in [2.45, 2.75) is 51.6 Å². The number of para-hydroxylation sites is 1. The minimum atomic E-state index is 0.0614. The second-order valence-electron chi connectivity index (χ2n) is 7.51. The standard InChI is InChI=1S/C22H37N5O2/c1-5-17(2)26-21(28)12-13-24-22(23-3)25-16-19(27-14-8-9-15-27)18-10-6-7-11-20(18)29-4/h6-7,10-11,17,19H,5,8-9,12-16H2,1-4H3,(H,26,28)(H2,23,24,25). The van der Waals surface area contributed by atoms with Gasteiger partial charge in [-0.2, -0.15) is 0 Å². The van der Waals surface area contributed by atoms with Crippen LogP contribution in [0.3, 0.4) is 0 Å². The summed E-state index contributed by atoms with van der Waals surface area (Å²) in [7, 11) is 3.47. The number of amides is 1. The Morgan fingerprint density at radius 3 is 2.62 bits per heavy atom. The van der Waals surface area contributed by atoms with Crippen molar-refractivity contribution in [1.82, 2.24) is 20.9 Å². The van der Waals surface area contributed by atoms with Gasteiger partial charge in [0.2, 0.25) is 5.91 Å². The van der Waals surface area contributed by atoms with Crippen LogP contribution >= 0.6 is 0 Å². The van der Waals surface area contributed by atoms with E-state index in [1.807, 2.05) is 19.1 Å². The van der Waals surface area contributed by atoms with Crippen molar-refractivity contribution in [3.8, 4) is 5.75 Å². The van der Waals surface area contributed by atoms with Crippen molar-refractivity contribution >= 4 is 11.9 Å². The van der Waals surface area contributed by atoms with Crippen LogP contribution in [0.2, 0.25) is 0 Å². The van der Waals surface area contributed by atoms with Crippen LogP contribution in [0.5, 0.6) is 5.75 Å². The summed E-state index contributed by atoms with van der Waals surface area (Å²) in [4.78, 5) is 18.8. The number of nitrogens with zero attached hydrogens (tertiary/aromatic N) is 2. The average Bonchev–Trinajstić information content (AvgIpc) is 3.27. The third-order valence-corrected chi connectivity index (χ3v) is 5.43. The number of hydrogen-bond acceptors (Lipinski definition) is 4. The van der Waals surface area contributed by atoms with Gasteiger partial charge in [0.15, 0.2) is 5.96 Å². The van der Waals surface area contributed by atoms with Gasteiger partial charge in [-0.25, -0.2) is 0 Å². The molecular weight excluding hydrogens is 366 g/mol. The van der Waals surface area contributed by atoms with E-state index in [-0.39, 0.29) is 18.0 Å². The van der Waals surface area contributed by atoms with E-state index in [2.05, 4.69) is 44.9 Å². The number of carbonyl (C=O) groups excluding carboxylic acids is 1. The molecule has 0 bridgehead atoms. The van der Waals surface area contributed by atoms with Gasteiger partial charge in [0.05, 0.1) is 13.2 Å². The Bertz CT molecular complexity index is 658. The topological polar surface area (TPSA) is 78.0 Å². The molecule has 3 N–H and O–H groups in total. The number of hydrogen-bond donors (Lipinski definition) is 3. The monoisotopic (exact) mass is 403 g/mol. The van der Waals surface area contributed by atoms with Gasteiger partial charge < -0.3 is 20.7 Å². The van der Waals surface area contributed by atoms with Crippen molar-refractivity contribution in [2.24, 2.45) is 4.99 Å². The normalized spacial score (nSPS) is 16.9. The highest BCUT2D eigenvalue weighted by Gasteiger charge is 2.26. The van der Waals surface area contributed by atoms with Crippen LogP contribution in [-0.4, -0.2) is 63.1 Å². The minimum absolute atomic E-state index is 0.0614. The molecule has 1 aromatic carbocycles. The summed E-state index contributed by atoms with van der Waals surface area (Å²) >= 11 is 0. The first-order valence-electron chi connectivity index (χ1n) is 10.7. The maximum Gasteiger partial charge on any atom is 0.221 e. The Kier molecular flexibility index (Phi) is 9.77. The first-order valence-corrected chi connectivity index (χ1v) is 10.7. The van der Waals surface area contributed by atoms with Crippen molar-refractivity contribution in [2.75, 3.05) is 40.3 Å². The van der Waals surface area contributed by atoms with E-state index in [1.165, 1.54) is 18.4 Å². The van der Waals surface area contributed by atoms with E-state index in [4.69, 9.17) is 4.74 Å². The summed E-state index contributed by atoms with van der Waals surface area (Å²) in [5.41, 5.74) is 1.19. The number of rotatable bonds is 10. The van der Waals surface area contributed by atoms with E-state index in [1.54, 1.807) is 14.2 Å². The average molecular weight is 404 g/mol. The maximum atomic E-state index is 11.9. The Balaban J connectivity index is 1.92. The predicted octanol–water partition coefficient (Wildman–Crippen LogP) is 2.30. The lowest BCUT2D eigenvalue weighted by molar-refractivity contribution is -0.121. The molecule has 1 heterocycles. The number of likely N-dealkylation sites (tertiary alicyclic amines) is 1. The fourth-order valence-corrected chi connectivity index (χ4v) is 3.59. The highest BCUT2D eigenvalue weighted by atomic mass is 16.5. The van der Waals surface area contributed by atoms with Gasteiger partial charge in [-0.3, -0.25) is 14.7 Å². The number of guanidine groups is 1. The first-order chi connectivity index (χ1) is 14.1. The van der Waals surface area contributed by atoms with Gasteiger partial charge in [-0.15, -0.1) is 0 Å². The molecule has 1 aromatic rings. The molecule has 162 valence electrons. The van der Waals surface area contributed by atoms with Crippen LogP contribution in [0.4, 0.5) is 0 Å². The lowest BCUT2D eigenvalue weighted by Gasteiger charge is -2.30. The fourth-order valence-electron chi connectivity index (χ4n) is 3.59. The van der Waals surface area contributed by atoms with Gasteiger partial charge in [0.25, 0.3) is 0 Å². The second-order valence-corrected chi connectivity index (χ2v) is 7.51. The summed E-state index contributed by atoms with van der Waals surface area (Å²) in [5.74, 6) is 1.68. The summed E-state index contributed by atoms with van der Waals surface area (Å²) < 4.78 is 5.61. The molecule has 1 aliphatic rings. The second kappa shape index (κ2) is 12.3. The highest BCUT2D eigenvalue weighted by molar-refractivity contribution is 5.81. The van der Waals surface area contributed by atoms with Crippen LogP contribution in [0.25, 0.3) is 0 Å². The van der Waals surface area contributed by atoms with Crippen LogP contribution in [-0.2, 0) is 4.79 Å². The lowest BCUT2D eigenvalue weighted by Crippen LogP contribution is -2.44. The number of aliphatic imine (C=N–C) groups is 1. The molecule has 2 unspecified atom stereocenters. The SMILES string of the molecule is CCC(C)NC(=O)CCNC(=NC)NCC(c1ccccc1OC)N1CCCC1. The molecule has 1 amide bonds. The largest absolute Gasteiger partial charge is 0.496 e. The van der Waals surface area contributed by atoms with Crippen molar-refractivity contribution in [3.63, 3.8) is 0 Å². The molecule has 0 aromatic heterocycles. The zero-order chi connectivity index (χ0) is 21.1. The van der Waals surface area contributed by atoms with Crippen LogP contribution < -0.4 is 20.7 Å². The van der Waals surface area contributed by atoms with Crippen LogP contribution in [0, 0.1) is 0 Å². The maximum absolute atomic E-state index is 11.9. The number of methoxy groups -OCH3 is 1. The van der Waals surface area contributed by atoms with E-state index in [0.717, 1.165) is 31.8 Å². The van der Waals surface area contributed by atoms with Crippen molar-refractivity contribution < 1.29 is 9.53 Å². The van der Waals surface area contributed by atoms with Gasteiger partial charge in [0.1, 0.15) is 5.75 Å². The van der Waals surface area contributed by atoms with Crippen molar-refractivity contribution in [1.29, 1.82) is 0 Å². The molecule has 1 saturated heterocycles. The molecule has 1 fully saturated rings. The van der Waals surface area contributed by atoms with E-state index in [0.29, 0.717) is 18.9 Å². The Labute approximate surface area is 175 Å². The van der Waals surface area contributed by atoms with Crippen LogP contribution in [0.15, 0.2) is 29.3 Å². The van der Waals surface area contributed by atoms with Crippen LogP contribution in [0.1, 0.15) is 51.1 Å². The zero-order valence-electron chi connectivity index (χ0n) is 18.3. The molecule has 0 saturated carbocycles. The highest BCUT2D eigenvalue weighted by Crippen LogP contribution is 2.31. The smallest absolute Gasteiger partial charge is 0.221 e. The zero-order valence-corrected chi connectivity index (χ0v) is 18.3. The molecule has 7 nitrogen and oxygen atoms in total. The molecule has 1 aliphatic heterocycles. The van der Waals surface area contributed by atoms with E-state index >= 15 is 0 Å². The predicted molar refractivity (Wildman–Crippen MR) is 118 cm³/mol. The minimum Gasteiger partial charge on any atom is -0.496 e. The van der Waals surface area contributed by atoms with Gasteiger partial charge in [0, 0.05) is 38.2 Å². The Morgan fingerprint density at radius 1 is 1.24 bits per heavy atom. The molecule has 0 spiro atoms. The molecule has 29 heavy (non-hydrogen) atoms. The number of benzene rings is 1. The van der Waals surface area contributed by atoms with Gasteiger partial charge in [-0.1, -0.05) is 25.1 Å². The number of nitrogens with one attached hydrogen (secondary N) is 3. The third kappa shape index (κ3) is 7.24. The third-order valence-electron chi connectivity index (χ3n) is 5.43.